The highest BCUT2D eigenvalue weighted by molar-refractivity contribution is 7.19. The number of aryl methyl sites for hydroxylation is 1. The summed E-state index contributed by atoms with van der Waals surface area (Å²) in [6.07, 6.45) is 1.08. The highest BCUT2D eigenvalue weighted by atomic mass is 32.1. The molecular weight excluding hydrogens is 274 g/mol. The van der Waals surface area contributed by atoms with E-state index in [1.807, 2.05) is 11.3 Å². The van der Waals surface area contributed by atoms with Gasteiger partial charge >= 0.3 is 0 Å². The third-order valence-corrected chi connectivity index (χ3v) is 5.12. The Labute approximate surface area is 130 Å². The predicted octanol–water partition coefficient (Wildman–Crippen LogP) is 5.10. The summed E-state index contributed by atoms with van der Waals surface area (Å²) in [6.45, 7) is 5.41. The molecule has 3 aromatic rings. The van der Waals surface area contributed by atoms with E-state index >= 15 is 0 Å². The number of benzene rings is 2. The third-order valence-electron chi connectivity index (χ3n) is 3.82. The molecule has 0 aliphatic rings. The van der Waals surface area contributed by atoms with E-state index in [-0.39, 0.29) is 0 Å². The Morgan fingerprint density at radius 2 is 1.90 bits per heavy atom. The van der Waals surface area contributed by atoms with Crippen molar-refractivity contribution in [3.05, 3.63) is 70.6 Å². The van der Waals surface area contributed by atoms with E-state index in [4.69, 9.17) is 0 Å². The molecule has 1 heterocycles. The first-order valence-corrected chi connectivity index (χ1v) is 8.31. The van der Waals surface area contributed by atoms with Gasteiger partial charge in [0.25, 0.3) is 0 Å². The van der Waals surface area contributed by atoms with Gasteiger partial charge in [0.15, 0.2) is 0 Å². The van der Waals surface area contributed by atoms with Gasteiger partial charge in [0.2, 0.25) is 0 Å². The third kappa shape index (κ3) is 3.52. The number of fused-ring (bicyclic) bond motifs is 1. The molecule has 2 heteroatoms. The molecule has 0 saturated carbocycles. The first-order chi connectivity index (χ1) is 10.2. The second-order valence-electron chi connectivity index (χ2n) is 5.60. The Hall–Kier alpha value is -1.64. The molecule has 0 aliphatic carbocycles. The molecule has 1 aromatic heterocycles. The fourth-order valence-corrected chi connectivity index (χ4v) is 3.71. The molecule has 0 spiro atoms. The highest BCUT2D eigenvalue weighted by Crippen LogP contribution is 2.29. The van der Waals surface area contributed by atoms with Gasteiger partial charge < -0.3 is 5.32 Å². The van der Waals surface area contributed by atoms with Crippen LogP contribution < -0.4 is 5.32 Å². The lowest BCUT2D eigenvalue weighted by molar-refractivity contribution is 0.585. The summed E-state index contributed by atoms with van der Waals surface area (Å²) in [5, 5.41) is 4.99. The molecule has 108 valence electrons. The Kier molecular flexibility index (Phi) is 4.37. The summed E-state index contributed by atoms with van der Waals surface area (Å²) in [5.74, 6) is 0. The van der Waals surface area contributed by atoms with Crippen LogP contribution in [-0.2, 0) is 6.42 Å². The highest BCUT2D eigenvalue weighted by Gasteiger charge is 2.08. The van der Waals surface area contributed by atoms with Gasteiger partial charge in [-0.25, -0.2) is 0 Å². The second kappa shape index (κ2) is 6.42. The fraction of sp³-hybridized carbons (Fsp3) is 0.263. The maximum atomic E-state index is 3.64. The maximum Gasteiger partial charge on any atom is 0.0386 e. The van der Waals surface area contributed by atoms with Gasteiger partial charge in [-0.1, -0.05) is 48.0 Å². The quantitative estimate of drug-likeness (QED) is 0.690. The van der Waals surface area contributed by atoms with E-state index in [1.165, 1.54) is 26.1 Å². The van der Waals surface area contributed by atoms with Crippen LogP contribution in [0.1, 0.15) is 29.0 Å². The summed E-state index contributed by atoms with van der Waals surface area (Å²) in [6, 6.07) is 20.1. The van der Waals surface area contributed by atoms with Gasteiger partial charge in [0.1, 0.15) is 0 Å². The van der Waals surface area contributed by atoms with Crippen LogP contribution in [0.25, 0.3) is 10.1 Å². The average molecular weight is 295 g/mol. The average Bonchev–Trinajstić information content (AvgIpc) is 2.91. The molecule has 0 aliphatic heterocycles. The SMILES string of the molecule is Cc1cccc(CCNC(C)c2cc3ccccc3s2)c1. The minimum absolute atomic E-state index is 0.409. The minimum Gasteiger partial charge on any atom is -0.309 e. The lowest BCUT2D eigenvalue weighted by Crippen LogP contribution is -2.20. The van der Waals surface area contributed by atoms with Crippen LogP contribution in [0.5, 0.6) is 0 Å². The van der Waals surface area contributed by atoms with Gasteiger partial charge in [-0.2, -0.15) is 0 Å². The molecule has 2 aromatic carbocycles. The number of thiophene rings is 1. The molecule has 0 bridgehead atoms. The van der Waals surface area contributed by atoms with Crippen LogP contribution >= 0.6 is 11.3 Å². The zero-order valence-electron chi connectivity index (χ0n) is 12.6. The molecule has 1 nitrogen and oxygen atoms in total. The van der Waals surface area contributed by atoms with Crippen molar-refractivity contribution in [2.24, 2.45) is 0 Å². The molecule has 0 radical (unpaired) electrons. The van der Waals surface area contributed by atoms with Crippen LogP contribution in [0.3, 0.4) is 0 Å². The maximum absolute atomic E-state index is 3.64. The summed E-state index contributed by atoms with van der Waals surface area (Å²) in [5.41, 5.74) is 2.75. The topological polar surface area (TPSA) is 12.0 Å². The van der Waals surface area contributed by atoms with Crippen molar-refractivity contribution in [2.75, 3.05) is 6.54 Å². The molecule has 3 rings (SSSR count). The van der Waals surface area contributed by atoms with Gasteiger partial charge in [-0.05, 0) is 49.9 Å². The number of rotatable bonds is 5. The molecular formula is C19H21NS. The van der Waals surface area contributed by atoms with Crippen LogP contribution in [0.2, 0.25) is 0 Å². The van der Waals surface area contributed by atoms with E-state index in [2.05, 4.69) is 73.8 Å². The molecule has 0 amide bonds. The molecule has 21 heavy (non-hydrogen) atoms. The van der Waals surface area contributed by atoms with Crippen molar-refractivity contribution >= 4 is 21.4 Å². The van der Waals surface area contributed by atoms with Gasteiger partial charge in [0.05, 0.1) is 0 Å². The van der Waals surface area contributed by atoms with Crippen LogP contribution in [0.15, 0.2) is 54.6 Å². The van der Waals surface area contributed by atoms with E-state index < -0.39 is 0 Å². The Bertz CT molecular complexity index is 696. The van der Waals surface area contributed by atoms with E-state index in [0.29, 0.717) is 6.04 Å². The smallest absolute Gasteiger partial charge is 0.0386 e. The van der Waals surface area contributed by atoms with Crippen molar-refractivity contribution in [3.8, 4) is 0 Å². The van der Waals surface area contributed by atoms with Crippen molar-refractivity contribution < 1.29 is 0 Å². The van der Waals surface area contributed by atoms with Crippen molar-refractivity contribution in [1.29, 1.82) is 0 Å². The number of nitrogens with one attached hydrogen (secondary N) is 1. The monoisotopic (exact) mass is 295 g/mol. The van der Waals surface area contributed by atoms with E-state index in [0.717, 1.165) is 13.0 Å². The van der Waals surface area contributed by atoms with E-state index in [9.17, 15) is 0 Å². The zero-order valence-corrected chi connectivity index (χ0v) is 13.4. The summed E-state index contributed by atoms with van der Waals surface area (Å²) in [4.78, 5) is 1.42. The molecule has 0 fully saturated rings. The summed E-state index contributed by atoms with van der Waals surface area (Å²) >= 11 is 1.89. The normalized spacial score (nSPS) is 12.7. The van der Waals surface area contributed by atoms with Crippen molar-refractivity contribution in [1.82, 2.24) is 5.32 Å². The largest absolute Gasteiger partial charge is 0.309 e. The van der Waals surface area contributed by atoms with Crippen LogP contribution in [-0.4, -0.2) is 6.54 Å². The van der Waals surface area contributed by atoms with Gasteiger partial charge in [0, 0.05) is 15.6 Å². The summed E-state index contributed by atoms with van der Waals surface area (Å²) in [7, 11) is 0. The lowest BCUT2D eigenvalue weighted by Gasteiger charge is -2.12. The van der Waals surface area contributed by atoms with Gasteiger partial charge in [-0.15, -0.1) is 11.3 Å². The Morgan fingerprint density at radius 3 is 2.71 bits per heavy atom. The van der Waals surface area contributed by atoms with E-state index in [1.54, 1.807) is 0 Å². The summed E-state index contributed by atoms with van der Waals surface area (Å²) < 4.78 is 1.37. The first kappa shape index (κ1) is 14.3. The minimum atomic E-state index is 0.409. The first-order valence-electron chi connectivity index (χ1n) is 7.50. The standard InChI is InChI=1S/C19H21NS/c1-14-6-5-7-16(12-14)10-11-20-15(2)19-13-17-8-3-4-9-18(17)21-19/h3-9,12-13,15,20H,10-11H2,1-2H3. The van der Waals surface area contributed by atoms with Crippen LogP contribution in [0, 0.1) is 6.92 Å². The van der Waals surface area contributed by atoms with Crippen molar-refractivity contribution in [3.63, 3.8) is 0 Å². The van der Waals surface area contributed by atoms with Crippen LogP contribution in [0.4, 0.5) is 0 Å². The van der Waals surface area contributed by atoms with Crippen molar-refractivity contribution in [2.45, 2.75) is 26.3 Å². The fourth-order valence-electron chi connectivity index (χ4n) is 2.62. The number of hydrogen-bond acceptors (Lipinski definition) is 2. The predicted molar refractivity (Wildman–Crippen MR) is 93.1 cm³/mol. The molecule has 1 N–H and O–H groups in total. The second-order valence-corrected chi connectivity index (χ2v) is 6.72. The molecule has 0 saturated heterocycles. The Balaban J connectivity index is 1.60. The molecule has 1 atom stereocenters. The Morgan fingerprint density at radius 1 is 1.05 bits per heavy atom. The lowest BCUT2D eigenvalue weighted by atomic mass is 10.1. The van der Waals surface area contributed by atoms with Gasteiger partial charge in [-0.3, -0.25) is 0 Å². The number of hydrogen-bond donors (Lipinski definition) is 1. The molecule has 1 unspecified atom stereocenters. The zero-order chi connectivity index (χ0) is 14.7.